The molecule has 0 bridgehead atoms. The van der Waals surface area contributed by atoms with Crippen molar-refractivity contribution in [3.8, 4) is 0 Å². The molecule has 1 fully saturated rings. The van der Waals surface area contributed by atoms with E-state index in [0.29, 0.717) is 0 Å². The van der Waals surface area contributed by atoms with Crippen molar-refractivity contribution < 1.29 is 27.8 Å². The van der Waals surface area contributed by atoms with Gasteiger partial charge >= 0.3 is 12.2 Å². The number of nitrogens with zero attached hydrogens (tertiary/aromatic N) is 1. The molecule has 0 aromatic heterocycles. The summed E-state index contributed by atoms with van der Waals surface area (Å²) in [6, 6.07) is -1.28. The van der Waals surface area contributed by atoms with Crippen LogP contribution >= 0.6 is 0 Å². The van der Waals surface area contributed by atoms with Gasteiger partial charge in [0, 0.05) is 0 Å². The first-order valence-electron chi connectivity index (χ1n) is 7.79. The summed E-state index contributed by atoms with van der Waals surface area (Å²) in [5.41, 5.74) is 2.95. The van der Waals surface area contributed by atoms with Gasteiger partial charge in [0.25, 0.3) is 0 Å². The highest BCUT2D eigenvalue weighted by Crippen LogP contribution is 2.20. The molecular weight excluding hydrogens is 324 g/mol. The fourth-order valence-electron chi connectivity index (χ4n) is 2.05. The highest BCUT2D eigenvalue weighted by atomic mass is 19.1. The molecule has 1 rings (SSSR count). The Balaban J connectivity index is 2.54. The number of carbonyl (C=O) groups excluding carboxylic acids is 2. The van der Waals surface area contributed by atoms with Crippen molar-refractivity contribution >= 4 is 12.2 Å². The van der Waals surface area contributed by atoms with Gasteiger partial charge in [-0.25, -0.2) is 23.8 Å². The van der Waals surface area contributed by atoms with Crippen LogP contribution in [0.15, 0.2) is 0 Å². The first kappa shape index (κ1) is 20.4. The molecule has 2 unspecified atom stereocenters. The van der Waals surface area contributed by atoms with E-state index in [1.807, 2.05) is 0 Å². The third-order valence-corrected chi connectivity index (χ3v) is 2.96. The predicted molar refractivity (Wildman–Crippen MR) is 83.9 cm³/mol. The Bertz CT molecular complexity index is 451. The van der Waals surface area contributed by atoms with Gasteiger partial charge < -0.3 is 14.4 Å². The predicted octanol–water partition coefficient (Wildman–Crippen LogP) is 2.31. The number of alkyl halides is 2. The third kappa shape index (κ3) is 6.86. The van der Waals surface area contributed by atoms with E-state index in [1.54, 1.807) is 41.5 Å². The summed E-state index contributed by atoms with van der Waals surface area (Å²) in [5.74, 6) is 0. The van der Waals surface area contributed by atoms with Gasteiger partial charge in [0.15, 0.2) is 0 Å². The van der Waals surface area contributed by atoms with Gasteiger partial charge in [-0.3, -0.25) is 5.43 Å². The van der Waals surface area contributed by atoms with Gasteiger partial charge in [-0.15, -0.1) is 0 Å². The molecule has 24 heavy (non-hydrogen) atoms. The average molecular weight is 351 g/mol. The summed E-state index contributed by atoms with van der Waals surface area (Å²) in [4.78, 5) is 24.4. The van der Waals surface area contributed by atoms with Crippen LogP contribution in [0.1, 0.15) is 41.5 Å². The number of rotatable bonds is 2. The summed E-state index contributed by atoms with van der Waals surface area (Å²) < 4.78 is 38.4. The molecule has 1 aliphatic rings. The Morgan fingerprint density at radius 2 is 1.42 bits per heavy atom. The lowest BCUT2D eigenvalue weighted by atomic mass is 10.0. The van der Waals surface area contributed by atoms with E-state index in [1.165, 1.54) is 0 Å². The number of hydrogen-bond donors (Lipinski definition) is 2. The standard InChI is InChI=1S/C15H27F2N3O4/c1-14(2,3)23-12(21)19-18-11-9(16)7-20(8-10(11)17)13(22)24-15(4,5)6/h9-11,18H,7-8H2,1-6H3,(H,19,21). The Morgan fingerprint density at radius 3 is 1.83 bits per heavy atom. The minimum atomic E-state index is -1.71. The molecule has 0 aromatic carbocycles. The molecule has 9 heteroatoms. The monoisotopic (exact) mass is 351 g/mol. The molecule has 0 aromatic rings. The number of hydrogen-bond acceptors (Lipinski definition) is 5. The van der Waals surface area contributed by atoms with E-state index in [-0.39, 0.29) is 13.1 Å². The van der Waals surface area contributed by atoms with Crippen molar-refractivity contribution in [1.82, 2.24) is 15.8 Å². The van der Waals surface area contributed by atoms with Crippen molar-refractivity contribution in [2.45, 2.75) is 71.1 Å². The quantitative estimate of drug-likeness (QED) is 0.747. The maximum absolute atomic E-state index is 14.2. The fourth-order valence-corrected chi connectivity index (χ4v) is 2.05. The van der Waals surface area contributed by atoms with Crippen LogP contribution in [0.25, 0.3) is 0 Å². The van der Waals surface area contributed by atoms with E-state index in [4.69, 9.17) is 9.47 Å². The summed E-state index contributed by atoms with van der Waals surface area (Å²) in [6.45, 7) is 9.36. The molecule has 0 radical (unpaired) electrons. The minimum Gasteiger partial charge on any atom is -0.444 e. The van der Waals surface area contributed by atoms with Gasteiger partial charge in [-0.1, -0.05) is 0 Å². The van der Waals surface area contributed by atoms with Crippen LogP contribution in [0, 0.1) is 0 Å². The molecule has 0 aliphatic carbocycles. The van der Waals surface area contributed by atoms with Gasteiger partial charge in [0.2, 0.25) is 0 Å². The normalized spacial score (nSPS) is 25.2. The number of ether oxygens (including phenoxy) is 2. The molecule has 2 atom stereocenters. The van der Waals surface area contributed by atoms with E-state index >= 15 is 0 Å². The van der Waals surface area contributed by atoms with Gasteiger partial charge in [0.05, 0.1) is 19.1 Å². The molecule has 0 saturated carbocycles. The van der Waals surface area contributed by atoms with Crippen molar-refractivity contribution in [2.75, 3.05) is 13.1 Å². The molecule has 7 nitrogen and oxygen atoms in total. The van der Waals surface area contributed by atoms with Gasteiger partial charge in [-0.05, 0) is 41.5 Å². The van der Waals surface area contributed by atoms with E-state index in [0.717, 1.165) is 4.90 Å². The number of hydrazine groups is 1. The second kappa shape index (κ2) is 7.50. The van der Waals surface area contributed by atoms with Crippen LogP contribution in [0.4, 0.5) is 18.4 Å². The van der Waals surface area contributed by atoms with Crippen LogP contribution in [0.5, 0.6) is 0 Å². The first-order valence-corrected chi connectivity index (χ1v) is 7.79. The Morgan fingerprint density at radius 1 is 0.958 bits per heavy atom. The number of carbonyl (C=O) groups is 2. The molecular formula is C15H27F2N3O4. The Kier molecular flexibility index (Phi) is 6.38. The molecule has 1 heterocycles. The Hall–Kier alpha value is -1.64. The lowest BCUT2D eigenvalue weighted by molar-refractivity contribution is -0.0115. The topological polar surface area (TPSA) is 79.9 Å². The third-order valence-electron chi connectivity index (χ3n) is 2.96. The van der Waals surface area contributed by atoms with Crippen LogP contribution in [0.2, 0.25) is 0 Å². The highest BCUT2D eigenvalue weighted by Gasteiger charge is 2.40. The first-order chi connectivity index (χ1) is 10.8. The zero-order chi connectivity index (χ0) is 18.7. The number of nitrogens with one attached hydrogen (secondary N) is 2. The van der Waals surface area contributed by atoms with Gasteiger partial charge in [-0.2, -0.15) is 0 Å². The summed E-state index contributed by atoms with van der Waals surface area (Å²) in [7, 11) is 0. The second-order valence-electron chi connectivity index (χ2n) is 7.71. The number of halogens is 2. The number of likely N-dealkylation sites (tertiary alicyclic amines) is 1. The fraction of sp³-hybridized carbons (Fsp3) is 0.867. The summed E-state index contributed by atoms with van der Waals surface area (Å²) in [5, 5.41) is 0. The zero-order valence-corrected chi connectivity index (χ0v) is 15.0. The SMILES string of the molecule is CC(C)(C)OC(=O)NNC1C(F)CN(C(=O)OC(C)(C)C)CC1F. The molecule has 140 valence electrons. The highest BCUT2D eigenvalue weighted by molar-refractivity contribution is 5.68. The number of piperidine rings is 1. The molecule has 1 saturated heterocycles. The molecule has 2 N–H and O–H groups in total. The zero-order valence-electron chi connectivity index (χ0n) is 15.0. The smallest absolute Gasteiger partial charge is 0.422 e. The van der Waals surface area contributed by atoms with Crippen LogP contribution in [-0.4, -0.2) is 59.8 Å². The lowest BCUT2D eigenvalue weighted by Gasteiger charge is -2.38. The van der Waals surface area contributed by atoms with Crippen LogP contribution in [0.3, 0.4) is 0 Å². The van der Waals surface area contributed by atoms with E-state index in [2.05, 4.69) is 10.9 Å². The van der Waals surface area contributed by atoms with Crippen LogP contribution in [-0.2, 0) is 9.47 Å². The van der Waals surface area contributed by atoms with E-state index in [9.17, 15) is 18.4 Å². The molecule has 1 aliphatic heterocycles. The average Bonchev–Trinajstić information content (AvgIpc) is 2.33. The number of amides is 2. The molecule has 2 amide bonds. The lowest BCUT2D eigenvalue weighted by Crippen LogP contribution is -2.62. The molecule has 0 spiro atoms. The minimum absolute atomic E-state index is 0.330. The van der Waals surface area contributed by atoms with Crippen molar-refractivity contribution in [1.29, 1.82) is 0 Å². The largest absolute Gasteiger partial charge is 0.444 e. The van der Waals surface area contributed by atoms with Gasteiger partial charge in [0.1, 0.15) is 23.5 Å². The van der Waals surface area contributed by atoms with Crippen molar-refractivity contribution in [3.05, 3.63) is 0 Å². The maximum atomic E-state index is 14.2. The summed E-state index contributed by atoms with van der Waals surface area (Å²) >= 11 is 0. The summed E-state index contributed by atoms with van der Waals surface area (Å²) in [6.07, 6.45) is -5.03. The second-order valence-corrected chi connectivity index (χ2v) is 7.71. The van der Waals surface area contributed by atoms with E-state index < -0.39 is 41.8 Å². The van der Waals surface area contributed by atoms with Crippen LogP contribution < -0.4 is 10.9 Å². The van der Waals surface area contributed by atoms with Crippen molar-refractivity contribution in [2.24, 2.45) is 0 Å². The Labute approximate surface area is 141 Å². The maximum Gasteiger partial charge on any atom is 0.422 e. The van der Waals surface area contributed by atoms with Crippen molar-refractivity contribution in [3.63, 3.8) is 0 Å².